The van der Waals surface area contributed by atoms with Gasteiger partial charge in [0.2, 0.25) is 0 Å². The Morgan fingerprint density at radius 1 is 1.17 bits per heavy atom. The number of Topliss-reactive ketones (excluding diaryl/α,β-unsaturated/α-hetero) is 1. The smallest absolute Gasteiger partial charge is 0.176 e. The van der Waals surface area contributed by atoms with E-state index in [0.29, 0.717) is 30.2 Å². The summed E-state index contributed by atoms with van der Waals surface area (Å²) in [5.41, 5.74) is 0.595. The van der Waals surface area contributed by atoms with Crippen LogP contribution in [0.4, 0.5) is 0 Å². The quantitative estimate of drug-likeness (QED) is 0.556. The summed E-state index contributed by atoms with van der Waals surface area (Å²) in [7, 11) is 4.73. The van der Waals surface area contributed by atoms with Crippen LogP contribution in [0.1, 0.15) is 10.4 Å². The lowest BCUT2D eigenvalue weighted by Gasteiger charge is -2.09. The van der Waals surface area contributed by atoms with E-state index in [0.717, 1.165) is 0 Å². The van der Waals surface area contributed by atoms with E-state index >= 15 is 0 Å². The second-order valence-electron chi connectivity index (χ2n) is 3.66. The van der Waals surface area contributed by atoms with Crippen LogP contribution >= 0.6 is 0 Å². The summed E-state index contributed by atoms with van der Waals surface area (Å²) in [6.07, 6.45) is 0. The molecule has 0 saturated heterocycles. The van der Waals surface area contributed by atoms with Gasteiger partial charge < -0.3 is 19.5 Å². The van der Waals surface area contributed by atoms with Crippen molar-refractivity contribution in [3.63, 3.8) is 0 Å². The second kappa shape index (κ2) is 7.68. The average molecular weight is 253 g/mol. The van der Waals surface area contributed by atoms with E-state index in [2.05, 4.69) is 5.32 Å². The van der Waals surface area contributed by atoms with E-state index in [9.17, 15) is 4.79 Å². The number of ether oxygens (including phenoxy) is 3. The van der Waals surface area contributed by atoms with Crippen LogP contribution in [-0.4, -0.2) is 46.8 Å². The SMILES string of the molecule is COCCNCC(=O)c1ccc(OC)c(OC)c1. The Bertz CT molecular complexity index is 393. The first kappa shape index (κ1) is 14.5. The zero-order chi connectivity index (χ0) is 13.4. The maximum atomic E-state index is 11.9. The third kappa shape index (κ3) is 4.01. The standard InChI is InChI=1S/C13H19NO4/c1-16-7-6-14-9-11(15)10-4-5-12(17-2)13(8-10)18-3/h4-5,8,14H,6-7,9H2,1-3H3. The molecule has 0 unspecified atom stereocenters. The molecule has 5 heteroatoms. The maximum absolute atomic E-state index is 11.9. The molecule has 0 bridgehead atoms. The summed E-state index contributed by atoms with van der Waals surface area (Å²) in [4.78, 5) is 11.9. The van der Waals surface area contributed by atoms with E-state index in [-0.39, 0.29) is 12.3 Å². The van der Waals surface area contributed by atoms with Crippen molar-refractivity contribution in [2.75, 3.05) is 41.0 Å². The Labute approximate surface area is 107 Å². The third-order valence-corrected chi connectivity index (χ3v) is 2.47. The Hall–Kier alpha value is -1.59. The summed E-state index contributed by atoms with van der Waals surface area (Å²) in [6, 6.07) is 5.13. The van der Waals surface area contributed by atoms with E-state index in [4.69, 9.17) is 14.2 Å². The van der Waals surface area contributed by atoms with Gasteiger partial charge in [0, 0.05) is 19.2 Å². The van der Waals surface area contributed by atoms with E-state index in [1.807, 2.05) is 0 Å². The van der Waals surface area contributed by atoms with Crippen molar-refractivity contribution in [1.29, 1.82) is 0 Å². The van der Waals surface area contributed by atoms with Crippen molar-refractivity contribution in [2.24, 2.45) is 0 Å². The van der Waals surface area contributed by atoms with Crippen molar-refractivity contribution in [3.8, 4) is 11.5 Å². The number of benzene rings is 1. The average Bonchev–Trinajstić information content (AvgIpc) is 2.42. The van der Waals surface area contributed by atoms with Crippen LogP contribution in [0.2, 0.25) is 0 Å². The van der Waals surface area contributed by atoms with Gasteiger partial charge in [0.15, 0.2) is 17.3 Å². The summed E-state index contributed by atoms with van der Waals surface area (Å²) in [5, 5.41) is 3.00. The van der Waals surface area contributed by atoms with Crippen LogP contribution in [0.5, 0.6) is 11.5 Å². The monoisotopic (exact) mass is 253 g/mol. The highest BCUT2D eigenvalue weighted by molar-refractivity contribution is 5.98. The maximum Gasteiger partial charge on any atom is 0.176 e. The molecule has 5 nitrogen and oxygen atoms in total. The molecular formula is C13H19NO4. The van der Waals surface area contributed by atoms with Crippen molar-refractivity contribution < 1.29 is 19.0 Å². The number of nitrogens with one attached hydrogen (secondary N) is 1. The minimum Gasteiger partial charge on any atom is -0.493 e. The molecule has 1 aromatic carbocycles. The summed E-state index contributed by atoms with van der Waals surface area (Å²) in [6.45, 7) is 1.51. The molecule has 0 aliphatic heterocycles. The van der Waals surface area contributed by atoms with Gasteiger partial charge in [-0.1, -0.05) is 0 Å². The minimum absolute atomic E-state index is 0.00653. The molecule has 18 heavy (non-hydrogen) atoms. The topological polar surface area (TPSA) is 56.8 Å². The van der Waals surface area contributed by atoms with Gasteiger partial charge in [-0.15, -0.1) is 0 Å². The highest BCUT2D eigenvalue weighted by atomic mass is 16.5. The zero-order valence-electron chi connectivity index (χ0n) is 11.0. The van der Waals surface area contributed by atoms with Gasteiger partial charge in [0.25, 0.3) is 0 Å². The fraction of sp³-hybridized carbons (Fsp3) is 0.462. The molecule has 0 aromatic heterocycles. The normalized spacial score (nSPS) is 10.2. The number of hydrogen-bond donors (Lipinski definition) is 1. The van der Waals surface area contributed by atoms with Crippen LogP contribution in [0.3, 0.4) is 0 Å². The molecule has 100 valence electrons. The van der Waals surface area contributed by atoms with Crippen molar-refractivity contribution in [2.45, 2.75) is 0 Å². The molecule has 0 fully saturated rings. The number of hydrogen-bond acceptors (Lipinski definition) is 5. The molecule has 0 saturated carbocycles. The second-order valence-corrected chi connectivity index (χ2v) is 3.66. The molecule has 0 radical (unpaired) electrons. The fourth-order valence-corrected chi connectivity index (χ4v) is 1.49. The van der Waals surface area contributed by atoms with Crippen LogP contribution < -0.4 is 14.8 Å². The van der Waals surface area contributed by atoms with Crippen molar-refractivity contribution in [3.05, 3.63) is 23.8 Å². The predicted molar refractivity (Wildman–Crippen MR) is 68.6 cm³/mol. The molecule has 0 atom stereocenters. The van der Waals surface area contributed by atoms with Crippen LogP contribution in [-0.2, 0) is 4.74 Å². The summed E-state index contributed by atoms with van der Waals surface area (Å²) < 4.78 is 15.2. The number of ketones is 1. The van der Waals surface area contributed by atoms with E-state index < -0.39 is 0 Å². The molecular weight excluding hydrogens is 234 g/mol. The number of carbonyl (C=O) groups excluding carboxylic acids is 1. The van der Waals surface area contributed by atoms with E-state index in [1.54, 1.807) is 39.5 Å². The van der Waals surface area contributed by atoms with Gasteiger partial charge in [0.05, 0.1) is 27.4 Å². The number of carbonyl (C=O) groups is 1. The Morgan fingerprint density at radius 2 is 1.89 bits per heavy atom. The Kier molecular flexibility index (Phi) is 6.18. The van der Waals surface area contributed by atoms with Gasteiger partial charge in [-0.05, 0) is 18.2 Å². The summed E-state index contributed by atoms with van der Waals surface area (Å²) >= 11 is 0. The molecule has 0 heterocycles. The lowest BCUT2D eigenvalue weighted by molar-refractivity contribution is 0.0987. The largest absolute Gasteiger partial charge is 0.493 e. The first-order chi connectivity index (χ1) is 8.72. The molecule has 0 amide bonds. The van der Waals surface area contributed by atoms with Crippen LogP contribution in [0, 0.1) is 0 Å². The fourth-order valence-electron chi connectivity index (χ4n) is 1.49. The van der Waals surface area contributed by atoms with Gasteiger partial charge >= 0.3 is 0 Å². The van der Waals surface area contributed by atoms with Gasteiger partial charge in [-0.3, -0.25) is 4.79 Å². The molecule has 0 aliphatic carbocycles. The lowest BCUT2D eigenvalue weighted by atomic mass is 10.1. The van der Waals surface area contributed by atoms with Crippen molar-refractivity contribution >= 4 is 5.78 Å². The Morgan fingerprint density at radius 3 is 2.50 bits per heavy atom. The van der Waals surface area contributed by atoms with E-state index in [1.165, 1.54) is 0 Å². The molecule has 1 aromatic rings. The van der Waals surface area contributed by atoms with Crippen molar-refractivity contribution in [1.82, 2.24) is 5.32 Å². The van der Waals surface area contributed by atoms with Crippen LogP contribution in [0.15, 0.2) is 18.2 Å². The third-order valence-electron chi connectivity index (χ3n) is 2.47. The number of rotatable bonds is 8. The lowest BCUT2D eigenvalue weighted by Crippen LogP contribution is -2.26. The molecule has 1 rings (SSSR count). The molecule has 1 N–H and O–H groups in total. The highest BCUT2D eigenvalue weighted by Crippen LogP contribution is 2.27. The molecule has 0 aliphatic rings. The Balaban J connectivity index is 2.62. The first-order valence-corrected chi connectivity index (χ1v) is 5.67. The highest BCUT2D eigenvalue weighted by Gasteiger charge is 2.10. The van der Waals surface area contributed by atoms with Gasteiger partial charge in [-0.2, -0.15) is 0 Å². The van der Waals surface area contributed by atoms with Gasteiger partial charge in [0.1, 0.15) is 0 Å². The van der Waals surface area contributed by atoms with Gasteiger partial charge in [-0.25, -0.2) is 0 Å². The van der Waals surface area contributed by atoms with Crippen LogP contribution in [0.25, 0.3) is 0 Å². The summed E-state index contributed by atoms with van der Waals surface area (Å²) in [5.74, 6) is 1.17. The molecule has 0 spiro atoms. The predicted octanol–water partition coefficient (Wildman–Crippen LogP) is 1.12. The first-order valence-electron chi connectivity index (χ1n) is 5.67. The zero-order valence-corrected chi connectivity index (χ0v) is 11.0. The number of methoxy groups -OCH3 is 3. The minimum atomic E-state index is 0.00653.